The van der Waals surface area contributed by atoms with E-state index in [0.29, 0.717) is 12.8 Å². The Morgan fingerprint density at radius 3 is 2.46 bits per heavy atom. The van der Waals surface area contributed by atoms with E-state index in [1.807, 2.05) is 24.3 Å². The third kappa shape index (κ3) is 2.86. The highest BCUT2D eigenvalue weighted by Gasteiger charge is 2.40. The lowest BCUT2D eigenvalue weighted by atomic mass is 9.77. The molecule has 1 N–H and O–H groups in total. The Morgan fingerprint density at radius 1 is 1.00 bits per heavy atom. The zero-order valence-electron chi connectivity index (χ0n) is 14.1. The number of ketones is 1. The lowest BCUT2D eigenvalue weighted by Gasteiger charge is -2.38. The summed E-state index contributed by atoms with van der Waals surface area (Å²) in [6.45, 7) is 0. The molecule has 2 aromatic rings. The number of rotatable bonds is 2. The van der Waals surface area contributed by atoms with Crippen LogP contribution in [0.5, 0.6) is 5.75 Å². The van der Waals surface area contributed by atoms with Gasteiger partial charge in [-0.1, -0.05) is 24.3 Å². The van der Waals surface area contributed by atoms with Crippen LogP contribution in [-0.4, -0.2) is 16.8 Å². The van der Waals surface area contributed by atoms with Crippen molar-refractivity contribution in [2.24, 2.45) is 0 Å². The van der Waals surface area contributed by atoms with Crippen LogP contribution in [0.2, 0.25) is 0 Å². The molecule has 1 atom stereocenters. The number of hydrogen-bond donors (Lipinski definition) is 1. The Morgan fingerprint density at radius 2 is 1.73 bits per heavy atom. The van der Waals surface area contributed by atoms with Crippen molar-refractivity contribution in [1.82, 2.24) is 0 Å². The van der Waals surface area contributed by atoms with E-state index in [2.05, 4.69) is 15.9 Å². The van der Waals surface area contributed by atoms with E-state index in [-0.39, 0.29) is 29.8 Å². The van der Waals surface area contributed by atoms with Gasteiger partial charge in [-0.15, -0.1) is 0 Å². The average molecular weight is 412 g/mol. The van der Waals surface area contributed by atoms with Crippen molar-refractivity contribution in [3.8, 4) is 5.75 Å². The van der Waals surface area contributed by atoms with Crippen LogP contribution in [0, 0.1) is 0 Å². The number of carbonyl (C=O) groups excluding carboxylic acids is 2. The van der Waals surface area contributed by atoms with Gasteiger partial charge in [0.05, 0.1) is 5.69 Å². The maximum Gasteiger partial charge on any atom is 0.232 e. The number of carbonyl (C=O) groups is 2. The summed E-state index contributed by atoms with van der Waals surface area (Å²) in [5.41, 5.74) is 3.24. The Balaban J connectivity index is 1.87. The Hall–Kier alpha value is -2.40. The largest absolute Gasteiger partial charge is 0.508 e. The van der Waals surface area contributed by atoms with Crippen LogP contribution < -0.4 is 4.90 Å². The highest BCUT2D eigenvalue weighted by atomic mass is 79.9. The molecule has 4 nitrogen and oxygen atoms in total. The van der Waals surface area contributed by atoms with Crippen molar-refractivity contribution < 1.29 is 14.7 Å². The van der Waals surface area contributed by atoms with Gasteiger partial charge in [0.2, 0.25) is 5.91 Å². The van der Waals surface area contributed by atoms with Gasteiger partial charge in [-0.25, -0.2) is 0 Å². The van der Waals surface area contributed by atoms with E-state index in [0.717, 1.165) is 33.4 Å². The number of aromatic hydroxyl groups is 1. The molecule has 0 fully saturated rings. The second kappa shape index (κ2) is 6.72. The monoisotopic (exact) mass is 411 g/mol. The van der Waals surface area contributed by atoms with Gasteiger partial charge in [-0.2, -0.15) is 0 Å². The predicted octanol–water partition coefficient (Wildman–Crippen LogP) is 4.68. The molecule has 1 unspecified atom stereocenters. The second-order valence-corrected chi connectivity index (χ2v) is 7.52. The first-order valence-electron chi connectivity index (χ1n) is 8.69. The molecule has 0 saturated carbocycles. The minimum Gasteiger partial charge on any atom is -0.508 e. The Labute approximate surface area is 160 Å². The first kappa shape index (κ1) is 17.0. The molecule has 0 radical (unpaired) electrons. The smallest absolute Gasteiger partial charge is 0.232 e. The molecule has 4 rings (SSSR count). The van der Waals surface area contributed by atoms with Crippen molar-refractivity contribution in [1.29, 1.82) is 0 Å². The predicted molar refractivity (Wildman–Crippen MR) is 103 cm³/mol. The first-order chi connectivity index (χ1) is 12.6. The first-order valence-corrected chi connectivity index (χ1v) is 9.48. The van der Waals surface area contributed by atoms with E-state index in [4.69, 9.17) is 0 Å². The fourth-order valence-corrected chi connectivity index (χ4v) is 4.36. The number of amides is 1. The van der Waals surface area contributed by atoms with Crippen molar-refractivity contribution in [2.45, 2.75) is 31.6 Å². The maximum absolute atomic E-state index is 13.1. The van der Waals surface area contributed by atoms with Gasteiger partial charge in [0.15, 0.2) is 5.78 Å². The number of hydrogen-bond acceptors (Lipinski definition) is 3. The fourth-order valence-electron chi connectivity index (χ4n) is 3.90. The number of nitrogens with zero attached hydrogens (tertiary/aromatic N) is 1. The van der Waals surface area contributed by atoms with Crippen LogP contribution in [0.1, 0.15) is 37.2 Å². The molecular weight excluding hydrogens is 394 g/mol. The minimum atomic E-state index is -0.246. The zero-order chi connectivity index (χ0) is 18.3. The summed E-state index contributed by atoms with van der Waals surface area (Å²) in [6.07, 6.45) is 2.24. The van der Waals surface area contributed by atoms with Gasteiger partial charge in [0.25, 0.3) is 0 Å². The molecule has 0 bridgehead atoms. The van der Waals surface area contributed by atoms with E-state index in [9.17, 15) is 14.7 Å². The van der Waals surface area contributed by atoms with Crippen LogP contribution >= 0.6 is 15.9 Å². The van der Waals surface area contributed by atoms with Gasteiger partial charge >= 0.3 is 0 Å². The van der Waals surface area contributed by atoms with Gasteiger partial charge in [0.1, 0.15) is 5.75 Å². The Bertz CT molecular complexity index is 917. The van der Waals surface area contributed by atoms with Gasteiger partial charge in [-0.3, -0.25) is 14.5 Å². The lowest BCUT2D eigenvalue weighted by Crippen LogP contribution is -2.40. The minimum absolute atomic E-state index is 0.0107. The average Bonchev–Trinajstić information content (AvgIpc) is 2.63. The number of benzene rings is 2. The van der Waals surface area contributed by atoms with Crippen molar-refractivity contribution in [2.75, 3.05) is 4.90 Å². The summed E-state index contributed by atoms with van der Waals surface area (Å²) in [6, 6.07) is 14.4. The third-order valence-corrected chi connectivity index (χ3v) is 5.73. The standard InChI is InChI=1S/C21H18BrNO3/c22-16-4-1-2-5-17(16)23-18-6-3-7-19(25)21(18)15(12-20(23)26)13-8-10-14(24)11-9-13/h1-2,4-5,8-11,15,24H,3,6-7,12H2. The second-order valence-electron chi connectivity index (χ2n) is 6.67. The van der Waals surface area contributed by atoms with Crippen LogP contribution in [0.25, 0.3) is 0 Å². The molecule has 0 aromatic heterocycles. The third-order valence-electron chi connectivity index (χ3n) is 5.06. The molecule has 0 saturated heterocycles. The number of para-hydroxylation sites is 1. The molecule has 2 aromatic carbocycles. The summed E-state index contributed by atoms with van der Waals surface area (Å²) in [7, 11) is 0. The summed E-state index contributed by atoms with van der Waals surface area (Å²) in [5.74, 6) is 0.0387. The summed E-state index contributed by atoms with van der Waals surface area (Å²) in [5, 5.41) is 9.55. The molecule has 132 valence electrons. The Kier molecular flexibility index (Phi) is 4.41. The number of anilines is 1. The maximum atomic E-state index is 13.1. The molecule has 0 spiro atoms. The highest BCUT2D eigenvalue weighted by Crippen LogP contribution is 2.44. The molecule has 1 aliphatic carbocycles. The number of Topliss-reactive ketones (excluding diaryl/α,β-unsaturated/α-hetero) is 1. The number of allylic oxidation sites excluding steroid dienone is 2. The summed E-state index contributed by atoms with van der Waals surface area (Å²) < 4.78 is 0.835. The van der Waals surface area contributed by atoms with Crippen LogP contribution in [0.15, 0.2) is 64.3 Å². The lowest BCUT2D eigenvalue weighted by molar-refractivity contribution is -0.119. The van der Waals surface area contributed by atoms with Crippen LogP contribution in [0.3, 0.4) is 0 Å². The fraction of sp³-hybridized carbons (Fsp3) is 0.238. The molecule has 5 heteroatoms. The summed E-state index contributed by atoms with van der Waals surface area (Å²) in [4.78, 5) is 27.6. The van der Waals surface area contributed by atoms with E-state index < -0.39 is 0 Å². The number of halogens is 1. The van der Waals surface area contributed by atoms with Crippen LogP contribution in [0.4, 0.5) is 5.69 Å². The van der Waals surface area contributed by atoms with Gasteiger partial charge in [-0.05, 0) is 58.6 Å². The highest BCUT2D eigenvalue weighted by molar-refractivity contribution is 9.10. The zero-order valence-corrected chi connectivity index (χ0v) is 15.7. The topological polar surface area (TPSA) is 57.6 Å². The van der Waals surface area contributed by atoms with Crippen molar-refractivity contribution >= 4 is 33.3 Å². The molecule has 26 heavy (non-hydrogen) atoms. The normalized spacial score (nSPS) is 20.3. The van der Waals surface area contributed by atoms with E-state index >= 15 is 0 Å². The molecule has 1 amide bonds. The SMILES string of the molecule is O=C1CCCC2=C1C(c1ccc(O)cc1)CC(=O)N2c1ccccc1Br. The van der Waals surface area contributed by atoms with Crippen molar-refractivity contribution in [3.05, 3.63) is 69.8 Å². The van der Waals surface area contributed by atoms with Crippen LogP contribution in [-0.2, 0) is 9.59 Å². The number of phenols is 1. The van der Waals surface area contributed by atoms with E-state index in [1.54, 1.807) is 29.2 Å². The molecule has 1 heterocycles. The molecular formula is C21H18BrNO3. The quantitative estimate of drug-likeness (QED) is 0.779. The van der Waals surface area contributed by atoms with E-state index in [1.165, 1.54) is 0 Å². The molecule has 2 aliphatic rings. The van der Waals surface area contributed by atoms with Gasteiger partial charge < -0.3 is 5.11 Å². The van der Waals surface area contributed by atoms with Crippen molar-refractivity contribution in [3.63, 3.8) is 0 Å². The molecule has 1 aliphatic heterocycles. The summed E-state index contributed by atoms with van der Waals surface area (Å²) >= 11 is 3.53. The number of phenolic OH excluding ortho intramolecular Hbond substituents is 1. The van der Waals surface area contributed by atoms with Gasteiger partial charge in [0, 0.05) is 34.5 Å².